The second-order valence-corrected chi connectivity index (χ2v) is 4.54. The molecule has 0 aromatic heterocycles. The van der Waals surface area contributed by atoms with Gasteiger partial charge in [-0.05, 0) is 18.8 Å². The number of carbonyl (C=O) groups excluding carboxylic acids is 4. The topological polar surface area (TPSA) is 86.8 Å². The average molecular weight is 309 g/mol. The SMILES string of the molecule is C=CN(C=O)CCC(=O)CCCNC(=O)CCN(C=C)C=O. The van der Waals surface area contributed by atoms with Gasteiger partial charge in [-0.2, -0.15) is 0 Å². The Hall–Kier alpha value is -2.44. The molecule has 0 aliphatic carbocycles. The lowest BCUT2D eigenvalue weighted by molar-refractivity contribution is -0.123. The van der Waals surface area contributed by atoms with Gasteiger partial charge in [0.15, 0.2) is 0 Å². The number of rotatable bonds is 14. The largest absolute Gasteiger partial charge is 0.356 e. The first kappa shape index (κ1) is 19.6. The summed E-state index contributed by atoms with van der Waals surface area (Å²) in [4.78, 5) is 46.6. The van der Waals surface area contributed by atoms with Crippen LogP contribution in [0.1, 0.15) is 25.7 Å². The standard InChI is InChI=1S/C15H23N3O4/c1-3-17(12-19)10-7-14(21)6-5-9-16-15(22)8-11-18(4-2)13-20/h3-4,12-13H,1-2,5-11H2,(H,16,22). The van der Waals surface area contributed by atoms with Crippen LogP contribution in [0.3, 0.4) is 0 Å². The molecule has 22 heavy (non-hydrogen) atoms. The van der Waals surface area contributed by atoms with Crippen LogP contribution in [0.15, 0.2) is 25.6 Å². The summed E-state index contributed by atoms with van der Waals surface area (Å²) in [6.07, 6.45) is 5.28. The molecule has 0 saturated carbocycles. The summed E-state index contributed by atoms with van der Waals surface area (Å²) in [6, 6.07) is 0. The van der Waals surface area contributed by atoms with E-state index in [4.69, 9.17) is 0 Å². The lowest BCUT2D eigenvalue weighted by atomic mass is 10.1. The predicted molar refractivity (Wildman–Crippen MR) is 82.4 cm³/mol. The maximum Gasteiger partial charge on any atom is 0.221 e. The van der Waals surface area contributed by atoms with Gasteiger partial charge in [-0.15, -0.1) is 0 Å². The van der Waals surface area contributed by atoms with Gasteiger partial charge in [-0.3, -0.25) is 19.2 Å². The van der Waals surface area contributed by atoms with Gasteiger partial charge in [0, 0.05) is 38.9 Å². The van der Waals surface area contributed by atoms with Crippen LogP contribution in [-0.4, -0.2) is 53.9 Å². The molecule has 7 nitrogen and oxygen atoms in total. The van der Waals surface area contributed by atoms with Crippen molar-refractivity contribution in [1.29, 1.82) is 0 Å². The lowest BCUT2D eigenvalue weighted by Gasteiger charge is -2.11. The maximum atomic E-state index is 11.6. The van der Waals surface area contributed by atoms with Crippen LogP contribution in [-0.2, 0) is 19.2 Å². The lowest BCUT2D eigenvalue weighted by Crippen LogP contribution is -2.28. The summed E-state index contributed by atoms with van der Waals surface area (Å²) in [5.41, 5.74) is 0. The van der Waals surface area contributed by atoms with Crippen molar-refractivity contribution in [1.82, 2.24) is 15.1 Å². The average Bonchev–Trinajstić information content (AvgIpc) is 2.53. The van der Waals surface area contributed by atoms with E-state index in [2.05, 4.69) is 18.5 Å². The van der Waals surface area contributed by atoms with Gasteiger partial charge in [-0.1, -0.05) is 13.2 Å². The van der Waals surface area contributed by atoms with E-state index in [1.54, 1.807) is 0 Å². The molecule has 0 spiro atoms. The molecule has 0 fully saturated rings. The first-order chi connectivity index (χ1) is 10.6. The molecule has 0 bridgehead atoms. The minimum Gasteiger partial charge on any atom is -0.356 e. The quantitative estimate of drug-likeness (QED) is 0.372. The minimum absolute atomic E-state index is 0.0294. The van der Waals surface area contributed by atoms with Crippen molar-refractivity contribution in [3.8, 4) is 0 Å². The molecule has 0 radical (unpaired) electrons. The van der Waals surface area contributed by atoms with Crippen molar-refractivity contribution in [2.45, 2.75) is 25.7 Å². The first-order valence-corrected chi connectivity index (χ1v) is 7.03. The van der Waals surface area contributed by atoms with Gasteiger partial charge >= 0.3 is 0 Å². The summed E-state index contributed by atoms with van der Waals surface area (Å²) in [7, 11) is 0. The molecule has 0 atom stereocenters. The smallest absolute Gasteiger partial charge is 0.221 e. The van der Waals surface area contributed by atoms with Crippen LogP contribution in [0.4, 0.5) is 0 Å². The molecule has 1 N–H and O–H groups in total. The van der Waals surface area contributed by atoms with Crippen LogP contribution in [0.5, 0.6) is 0 Å². The molecule has 0 saturated heterocycles. The minimum atomic E-state index is -0.181. The number of nitrogens with one attached hydrogen (secondary N) is 1. The fourth-order valence-corrected chi connectivity index (χ4v) is 1.59. The van der Waals surface area contributed by atoms with Gasteiger partial charge in [0.1, 0.15) is 5.78 Å². The molecule has 0 heterocycles. The van der Waals surface area contributed by atoms with E-state index >= 15 is 0 Å². The third kappa shape index (κ3) is 9.46. The number of hydrogen-bond donors (Lipinski definition) is 1. The van der Waals surface area contributed by atoms with Crippen molar-refractivity contribution >= 4 is 24.5 Å². The molecular weight excluding hydrogens is 286 g/mol. The zero-order valence-electron chi connectivity index (χ0n) is 12.7. The molecule has 0 unspecified atom stereocenters. The highest BCUT2D eigenvalue weighted by Gasteiger charge is 2.06. The normalized spacial score (nSPS) is 9.45. The summed E-state index contributed by atoms with van der Waals surface area (Å²) >= 11 is 0. The molecule has 0 aliphatic rings. The maximum absolute atomic E-state index is 11.6. The zero-order chi connectivity index (χ0) is 16.8. The third-order valence-corrected chi connectivity index (χ3v) is 2.94. The molecule has 0 aromatic rings. The van der Waals surface area contributed by atoms with Gasteiger partial charge in [0.2, 0.25) is 18.7 Å². The van der Waals surface area contributed by atoms with Crippen molar-refractivity contribution < 1.29 is 19.2 Å². The van der Waals surface area contributed by atoms with E-state index in [1.807, 2.05) is 0 Å². The monoisotopic (exact) mass is 309 g/mol. The fourth-order valence-electron chi connectivity index (χ4n) is 1.59. The van der Waals surface area contributed by atoms with E-state index in [9.17, 15) is 19.2 Å². The summed E-state index contributed by atoms with van der Waals surface area (Å²) < 4.78 is 0. The van der Waals surface area contributed by atoms with Crippen molar-refractivity contribution in [2.75, 3.05) is 19.6 Å². The van der Waals surface area contributed by atoms with Crippen LogP contribution in [0.2, 0.25) is 0 Å². The molecule has 7 heteroatoms. The van der Waals surface area contributed by atoms with Crippen molar-refractivity contribution in [3.05, 3.63) is 25.6 Å². The molecule has 3 amide bonds. The van der Waals surface area contributed by atoms with Gasteiger partial charge in [-0.25, -0.2) is 0 Å². The number of hydrogen-bond acceptors (Lipinski definition) is 4. The highest BCUT2D eigenvalue weighted by molar-refractivity contribution is 5.79. The van der Waals surface area contributed by atoms with E-state index in [0.717, 1.165) is 0 Å². The Morgan fingerprint density at radius 2 is 1.45 bits per heavy atom. The highest BCUT2D eigenvalue weighted by atomic mass is 16.2. The number of Topliss-reactive ketones (excluding diaryl/α,β-unsaturated/α-hetero) is 1. The summed E-state index contributed by atoms with van der Waals surface area (Å²) in [5.74, 6) is -0.151. The first-order valence-electron chi connectivity index (χ1n) is 7.03. The van der Waals surface area contributed by atoms with Crippen molar-refractivity contribution in [3.63, 3.8) is 0 Å². The van der Waals surface area contributed by atoms with Crippen LogP contribution in [0, 0.1) is 0 Å². The van der Waals surface area contributed by atoms with E-state index < -0.39 is 0 Å². The van der Waals surface area contributed by atoms with E-state index in [0.29, 0.717) is 38.8 Å². The Kier molecular flexibility index (Phi) is 10.9. The molecular formula is C15H23N3O4. The van der Waals surface area contributed by atoms with Crippen LogP contribution < -0.4 is 5.32 Å². The molecule has 122 valence electrons. The Morgan fingerprint density at radius 1 is 0.909 bits per heavy atom. The number of amides is 3. The fraction of sp³-hybridized carbons (Fsp3) is 0.467. The second kappa shape index (κ2) is 12.3. The van der Waals surface area contributed by atoms with E-state index in [1.165, 1.54) is 22.2 Å². The predicted octanol–water partition coefficient (Wildman–Crippen LogP) is 0.436. The molecule has 0 aliphatic heterocycles. The highest BCUT2D eigenvalue weighted by Crippen LogP contribution is 1.97. The Morgan fingerprint density at radius 3 is 1.95 bits per heavy atom. The van der Waals surface area contributed by atoms with Gasteiger partial charge in [0.05, 0.1) is 0 Å². The zero-order valence-corrected chi connectivity index (χ0v) is 12.7. The van der Waals surface area contributed by atoms with Crippen LogP contribution in [0.25, 0.3) is 0 Å². The Labute approximate surface area is 130 Å². The molecule has 0 aromatic carbocycles. The third-order valence-electron chi connectivity index (χ3n) is 2.94. The number of ketones is 1. The molecule has 0 rings (SSSR count). The Bertz CT molecular complexity index is 356. The summed E-state index contributed by atoms with van der Waals surface area (Å²) in [5, 5.41) is 2.68. The summed E-state index contributed by atoms with van der Waals surface area (Å²) in [6.45, 7) is 7.89. The van der Waals surface area contributed by atoms with Crippen LogP contribution >= 0.6 is 0 Å². The Balaban J connectivity index is 3.70. The van der Waals surface area contributed by atoms with Gasteiger partial charge in [0.25, 0.3) is 0 Å². The van der Waals surface area contributed by atoms with E-state index in [-0.39, 0.29) is 31.1 Å². The number of carbonyl (C=O) groups is 4. The number of nitrogens with zero attached hydrogens (tertiary/aromatic N) is 2. The van der Waals surface area contributed by atoms with Gasteiger partial charge < -0.3 is 15.1 Å². The second-order valence-electron chi connectivity index (χ2n) is 4.54. The van der Waals surface area contributed by atoms with Crippen molar-refractivity contribution in [2.24, 2.45) is 0 Å².